The smallest absolute Gasteiger partial charge is 0.744 e. The maximum absolute atomic E-state index is 11.7. The first-order valence-electron chi connectivity index (χ1n) is 42.4. The molecule has 12 aromatic rings. The van der Waals surface area contributed by atoms with Gasteiger partial charge in [0.2, 0.25) is 0 Å². The molecular formula is C104H116N5NaO19S6. The largest absolute Gasteiger partial charge is 1.00 e. The third kappa shape index (κ3) is 37.1. The van der Waals surface area contributed by atoms with Crippen LogP contribution in [-0.4, -0.2) is 133 Å². The van der Waals surface area contributed by atoms with Gasteiger partial charge in [-0.25, -0.2) is 13.0 Å². The van der Waals surface area contributed by atoms with Crippen LogP contribution < -0.4 is 49.2 Å². The minimum Gasteiger partial charge on any atom is -0.744 e. The van der Waals surface area contributed by atoms with Gasteiger partial charge >= 0.3 is 50.8 Å². The van der Waals surface area contributed by atoms with Gasteiger partial charge in [-0.1, -0.05) is 183 Å². The van der Waals surface area contributed by atoms with Gasteiger partial charge in [-0.3, -0.25) is 18.5 Å². The molecule has 135 heavy (non-hydrogen) atoms. The standard InChI is InChI=1S/C39H42N2O3S.C39H40N2O3S.C15H17NO3S.C9H10O.CH4O3S.CH4.Na.2O3S/c2*1-5-40(27-31-14-8-7-9-15-31)35-22-18-33(19-23-35)39(38-29(3)12-10-13-30(38)4)34-20-24-36(25-21-34)41(6-2)28-32-16-11-17-37(26-32)45(42,43)44;1-2-16(14-8-4-3-5-9-14)12-13-7-6-10-15(11-13)20(17,18)19;1-7-4-3-5-8(2)9(7)6-10;1-5(2,3)4;;;2*1-4(2)3/h7-26,39H,5-6,27-28H2,1-4H3,(H,42,43,44);7-8,10-26H,5-6,27-28H2,1-4H3,(H,42,43,44);3-11H,2,12H2,1H3,(H,17,18,19);3-6H,1-2H3;1H3,(H,2,3,4);1H4;;;/q;;;;;;+1;;/p-1. The SMILES string of the molecule is C.CCN(Cc1c[c-]ccc1)c1ccc(C(=C2C=CC(=[N+](CC)Cc3cccc(S(=O)(=O)[O-])c3)C=C2)c2c(C)cccc2C)cc1.CCN(Cc1cccc(S(=O)(=O)O)c1)c1ccccc1.CCN(Cc1ccccc1)c1ccc(C(c2ccc(N(CC)Cc3cccc(S(=O)(=O)O)c3)cc2)c2c(C)cccc2C)cc1.CS(=O)(=O)O.Cc1cccc(C)c1C=O.O=S(=O)=O.O=S(=O)=O.[Na+]. The molecule has 0 heterocycles. The Morgan fingerprint density at radius 2 is 0.748 bits per heavy atom. The van der Waals surface area contributed by atoms with Crippen LogP contribution in [0.1, 0.15) is 147 Å². The Kier molecular flexibility index (Phi) is 46.6. The summed E-state index contributed by atoms with van der Waals surface area (Å²) in [4.78, 5) is 19.2. The summed E-state index contributed by atoms with van der Waals surface area (Å²) in [5.41, 5.74) is 26.8. The second-order valence-corrected chi connectivity index (χ2v) is 37.4. The summed E-state index contributed by atoms with van der Waals surface area (Å²) in [6, 6.07) is 96.3. The van der Waals surface area contributed by atoms with Crippen molar-refractivity contribution in [1.82, 2.24) is 0 Å². The van der Waals surface area contributed by atoms with Crippen molar-refractivity contribution in [2.75, 3.05) is 58.6 Å². The molecule has 1 atom stereocenters. The average Bonchev–Trinajstić information content (AvgIpc) is 0.784. The van der Waals surface area contributed by atoms with E-state index in [1.165, 1.54) is 109 Å². The van der Waals surface area contributed by atoms with Gasteiger partial charge in [-0.15, -0.1) is 30.8 Å². The molecule has 708 valence electrons. The first-order chi connectivity index (χ1) is 63.1. The molecule has 1 aliphatic rings. The number of aldehydes is 1. The molecule has 31 heteroatoms. The van der Waals surface area contributed by atoms with Crippen LogP contribution in [0.2, 0.25) is 0 Å². The molecule has 0 radical (unpaired) electrons. The zero-order valence-corrected chi connectivity index (χ0v) is 84.1. The van der Waals surface area contributed by atoms with Gasteiger partial charge < -0.3 is 24.2 Å². The summed E-state index contributed by atoms with van der Waals surface area (Å²) >= 11 is 0. The summed E-state index contributed by atoms with van der Waals surface area (Å²) in [6.45, 7) is 30.5. The molecule has 0 saturated carbocycles. The van der Waals surface area contributed by atoms with Crippen LogP contribution in [0.3, 0.4) is 0 Å². The first kappa shape index (κ1) is 114. The van der Waals surface area contributed by atoms with E-state index < -0.39 is 61.7 Å². The first-order valence-corrected chi connectivity index (χ1v) is 50.6. The number of hydrogen-bond donors (Lipinski definition) is 3. The Bertz CT molecular complexity index is 6660. The van der Waals surface area contributed by atoms with Gasteiger partial charge in [0, 0.05) is 97.8 Å². The maximum Gasteiger partial charge on any atom is 1.00 e. The maximum atomic E-state index is 11.7. The Morgan fingerprint density at radius 3 is 1.12 bits per heavy atom. The molecule has 1 unspecified atom stereocenters. The fraction of sp³-hybridized carbons (Fsp3) is 0.231. The molecule has 0 saturated heterocycles. The topological polar surface area (TPSA) is 356 Å². The predicted molar refractivity (Wildman–Crippen MR) is 533 cm³/mol. The summed E-state index contributed by atoms with van der Waals surface area (Å²) in [5, 5.41) is 0. The van der Waals surface area contributed by atoms with E-state index in [-0.39, 0.29) is 57.6 Å². The van der Waals surface area contributed by atoms with E-state index in [0.29, 0.717) is 25.9 Å². The van der Waals surface area contributed by atoms with Gasteiger partial charge in [0.25, 0.3) is 30.4 Å². The number of nitrogens with zero attached hydrogens (tertiary/aromatic N) is 5. The van der Waals surface area contributed by atoms with E-state index in [1.807, 2.05) is 106 Å². The molecule has 0 fully saturated rings. The normalized spacial score (nSPS) is 11.5. The van der Waals surface area contributed by atoms with Crippen molar-refractivity contribution in [2.24, 2.45) is 0 Å². The molecule has 0 spiro atoms. The van der Waals surface area contributed by atoms with Crippen LogP contribution in [0.5, 0.6) is 0 Å². The minimum atomic E-state index is -4.51. The molecule has 0 bridgehead atoms. The Labute approximate surface area is 822 Å². The summed E-state index contributed by atoms with van der Waals surface area (Å²) in [5.74, 6) is 0.0695. The van der Waals surface area contributed by atoms with Crippen molar-refractivity contribution < 1.29 is 116 Å². The molecule has 0 aliphatic heterocycles. The van der Waals surface area contributed by atoms with Crippen LogP contribution in [0.25, 0.3) is 5.57 Å². The Hall–Kier alpha value is -11.7. The van der Waals surface area contributed by atoms with Gasteiger partial charge in [-0.2, -0.15) is 55.6 Å². The molecule has 3 N–H and O–H groups in total. The molecular weight excluding hydrogens is 1840 g/mol. The third-order valence-electron chi connectivity index (χ3n) is 21.5. The third-order valence-corrected chi connectivity index (χ3v) is 24.1. The number of rotatable bonds is 28. The van der Waals surface area contributed by atoms with Gasteiger partial charge in [-0.05, 0) is 269 Å². The number of para-hydroxylation sites is 1. The van der Waals surface area contributed by atoms with Crippen LogP contribution in [0.4, 0.5) is 22.7 Å². The van der Waals surface area contributed by atoms with Crippen molar-refractivity contribution >= 4 is 102 Å². The molecule has 12 aromatic carbocycles. The number of carbonyl (C=O) groups is 1. The number of anilines is 4. The van der Waals surface area contributed by atoms with Crippen molar-refractivity contribution in [3.05, 3.63) is 416 Å². The minimum absolute atomic E-state index is 0. The van der Waals surface area contributed by atoms with Crippen molar-refractivity contribution in [1.29, 1.82) is 0 Å². The predicted octanol–water partition coefficient (Wildman–Crippen LogP) is 16.6. The molecule has 24 nitrogen and oxygen atoms in total. The quantitative estimate of drug-likeness (QED) is 0.0102. The zero-order chi connectivity index (χ0) is 97.8. The van der Waals surface area contributed by atoms with Crippen molar-refractivity contribution in [2.45, 2.75) is 137 Å². The van der Waals surface area contributed by atoms with Crippen LogP contribution in [0, 0.1) is 47.6 Å². The van der Waals surface area contributed by atoms with Crippen molar-refractivity contribution in [3.8, 4) is 0 Å². The average molecular weight is 1960 g/mol. The Morgan fingerprint density at radius 1 is 0.415 bits per heavy atom. The second kappa shape index (κ2) is 55.3. The van der Waals surface area contributed by atoms with E-state index in [9.17, 15) is 47.6 Å². The van der Waals surface area contributed by atoms with Crippen LogP contribution >= 0.6 is 0 Å². The number of aryl methyl sites for hydroxylation is 6. The van der Waals surface area contributed by atoms with Crippen LogP contribution in [0.15, 0.2) is 330 Å². The van der Waals surface area contributed by atoms with Crippen molar-refractivity contribution in [3.63, 3.8) is 0 Å². The zero-order valence-electron chi connectivity index (χ0n) is 77.2. The molecule has 0 amide bonds. The van der Waals surface area contributed by atoms with Gasteiger partial charge in [0.05, 0.1) is 20.9 Å². The number of carbonyl (C=O) groups excluding carboxylic acids is 1. The molecule has 13 rings (SSSR count). The molecule has 0 aromatic heterocycles. The molecule has 1 aliphatic carbocycles. The summed E-state index contributed by atoms with van der Waals surface area (Å²) in [6.07, 6.45) is 10.2. The second-order valence-electron chi connectivity index (χ2n) is 30.9. The number of allylic oxidation sites excluding steroid dienone is 5. The van der Waals surface area contributed by atoms with E-state index in [4.69, 9.17) is 34.4 Å². The van der Waals surface area contributed by atoms with E-state index >= 15 is 0 Å². The van der Waals surface area contributed by atoms with E-state index in [2.05, 4.69) is 256 Å². The monoisotopic (exact) mass is 1950 g/mol. The summed E-state index contributed by atoms with van der Waals surface area (Å²) < 4.78 is 178. The van der Waals surface area contributed by atoms with Gasteiger partial charge in [0.15, 0.2) is 18.5 Å². The fourth-order valence-corrected chi connectivity index (χ4v) is 16.8. The van der Waals surface area contributed by atoms with E-state index in [0.717, 1.165) is 114 Å². The number of benzene rings is 12. The number of hydrogen-bond acceptors (Lipinski definition) is 20. The van der Waals surface area contributed by atoms with Gasteiger partial charge in [0.1, 0.15) is 16.7 Å². The Balaban J connectivity index is 0.000000331. The van der Waals surface area contributed by atoms with Crippen LogP contribution in [-0.2, 0) is 94.4 Å². The van der Waals surface area contributed by atoms with E-state index in [1.54, 1.807) is 18.2 Å². The fourth-order valence-electron chi connectivity index (χ4n) is 15.1. The summed E-state index contributed by atoms with van der Waals surface area (Å²) in [7, 11) is -22.8.